The van der Waals surface area contributed by atoms with E-state index in [-0.39, 0.29) is 5.16 Å². The van der Waals surface area contributed by atoms with E-state index in [0.29, 0.717) is 12.1 Å². The number of sulfone groups is 1. The summed E-state index contributed by atoms with van der Waals surface area (Å²) in [5.41, 5.74) is 1.31. The number of hydrogen-bond donors (Lipinski definition) is 0. The van der Waals surface area contributed by atoms with Gasteiger partial charge in [-0.2, -0.15) is 0 Å². The maximum absolute atomic E-state index is 11.5. The van der Waals surface area contributed by atoms with Crippen molar-refractivity contribution in [1.29, 1.82) is 0 Å². The van der Waals surface area contributed by atoms with Crippen molar-refractivity contribution in [3.05, 3.63) is 47.8 Å². The molecule has 0 radical (unpaired) electrons. The molecule has 1 aromatic heterocycles. The molecule has 0 N–H and O–H groups in total. The van der Waals surface area contributed by atoms with Crippen LogP contribution in [0.5, 0.6) is 0 Å². The molecule has 1 aromatic carbocycles. The van der Waals surface area contributed by atoms with E-state index in [4.69, 9.17) is 0 Å². The van der Waals surface area contributed by atoms with Crippen LogP contribution in [0.25, 0.3) is 0 Å². The predicted octanol–water partition coefficient (Wildman–Crippen LogP) is 1.12. The lowest BCUT2D eigenvalue weighted by atomic mass is 10.1. The normalized spacial score (nSPS) is 11.3. The lowest BCUT2D eigenvalue weighted by Crippen LogP contribution is -2.10. The van der Waals surface area contributed by atoms with Crippen LogP contribution in [0, 0.1) is 0 Å². The Bertz CT molecular complexity index is 717. The number of methoxy groups -OCH3 is 1. The Kier molecular flexibility index (Phi) is 3.89. The minimum Gasteiger partial charge on any atom is -0.465 e. The molecular formula is C13H14N2O4S. The summed E-state index contributed by atoms with van der Waals surface area (Å²) in [5, 5.41) is 0.0227. The summed E-state index contributed by atoms with van der Waals surface area (Å²) in [6, 6.07) is 6.77. The Labute approximate surface area is 116 Å². The summed E-state index contributed by atoms with van der Waals surface area (Å²) in [4.78, 5) is 15.2. The fourth-order valence-electron chi connectivity index (χ4n) is 1.81. The number of benzene rings is 1. The number of aromatic nitrogens is 2. The Morgan fingerprint density at radius 2 is 1.95 bits per heavy atom. The van der Waals surface area contributed by atoms with Gasteiger partial charge >= 0.3 is 5.97 Å². The number of carbonyl (C=O) groups excluding carboxylic acids is 1. The molecule has 0 aliphatic heterocycles. The van der Waals surface area contributed by atoms with Crippen LogP contribution in [0.1, 0.15) is 15.9 Å². The van der Waals surface area contributed by atoms with Crippen LogP contribution in [0.4, 0.5) is 0 Å². The van der Waals surface area contributed by atoms with E-state index < -0.39 is 15.8 Å². The van der Waals surface area contributed by atoms with Gasteiger partial charge in [-0.05, 0) is 17.7 Å². The molecule has 0 fully saturated rings. The third-order valence-corrected chi connectivity index (χ3v) is 3.74. The Morgan fingerprint density at radius 3 is 2.50 bits per heavy atom. The first kappa shape index (κ1) is 14.3. The zero-order valence-corrected chi connectivity index (χ0v) is 11.9. The van der Waals surface area contributed by atoms with E-state index in [0.717, 1.165) is 11.8 Å². The van der Waals surface area contributed by atoms with Gasteiger partial charge in [0.2, 0.25) is 15.0 Å². The van der Waals surface area contributed by atoms with Gasteiger partial charge < -0.3 is 9.30 Å². The number of nitrogens with zero attached hydrogens (tertiary/aromatic N) is 2. The summed E-state index contributed by atoms with van der Waals surface area (Å²) >= 11 is 0. The van der Waals surface area contributed by atoms with Crippen LogP contribution >= 0.6 is 0 Å². The molecule has 0 unspecified atom stereocenters. The summed E-state index contributed by atoms with van der Waals surface area (Å²) in [6.45, 7) is 0.365. The molecule has 2 aromatic rings. The zero-order chi connectivity index (χ0) is 14.8. The fourth-order valence-corrected chi connectivity index (χ4v) is 2.61. The highest BCUT2D eigenvalue weighted by Crippen LogP contribution is 2.11. The second kappa shape index (κ2) is 5.46. The van der Waals surface area contributed by atoms with Crippen molar-refractivity contribution in [2.75, 3.05) is 13.4 Å². The molecule has 2 rings (SSSR count). The number of rotatable bonds is 4. The number of imidazole rings is 1. The highest BCUT2D eigenvalue weighted by Gasteiger charge is 2.14. The largest absolute Gasteiger partial charge is 0.465 e. The average molecular weight is 294 g/mol. The first-order valence-corrected chi connectivity index (χ1v) is 7.69. The van der Waals surface area contributed by atoms with E-state index in [9.17, 15) is 13.2 Å². The molecule has 0 atom stereocenters. The number of esters is 1. The average Bonchev–Trinajstić information content (AvgIpc) is 2.87. The number of hydrogen-bond acceptors (Lipinski definition) is 5. The van der Waals surface area contributed by atoms with Gasteiger partial charge in [-0.15, -0.1) is 0 Å². The monoisotopic (exact) mass is 294 g/mol. The number of ether oxygens (including phenoxy) is 1. The molecule has 106 valence electrons. The fraction of sp³-hybridized carbons (Fsp3) is 0.231. The lowest BCUT2D eigenvalue weighted by molar-refractivity contribution is 0.0600. The minimum atomic E-state index is -3.36. The standard InChI is InChI=1S/C13H14N2O4S/c1-19-12(16)11-5-3-10(4-6-11)9-15-8-7-14-13(15)20(2,17)18/h3-8H,9H2,1-2H3. The van der Waals surface area contributed by atoms with Crippen molar-refractivity contribution >= 4 is 15.8 Å². The molecule has 0 spiro atoms. The van der Waals surface area contributed by atoms with E-state index in [2.05, 4.69) is 9.72 Å². The molecule has 0 amide bonds. The van der Waals surface area contributed by atoms with Crippen molar-refractivity contribution < 1.29 is 17.9 Å². The topological polar surface area (TPSA) is 78.3 Å². The second-order valence-corrected chi connectivity index (χ2v) is 6.21. The SMILES string of the molecule is COC(=O)c1ccc(Cn2ccnc2S(C)(=O)=O)cc1. The second-order valence-electron chi connectivity index (χ2n) is 4.30. The van der Waals surface area contributed by atoms with Gasteiger partial charge in [0.1, 0.15) is 0 Å². The summed E-state index contributed by atoms with van der Waals surface area (Å²) < 4.78 is 29.2. The van der Waals surface area contributed by atoms with Gasteiger partial charge in [0.05, 0.1) is 12.7 Å². The van der Waals surface area contributed by atoms with E-state index in [1.54, 1.807) is 35.0 Å². The zero-order valence-electron chi connectivity index (χ0n) is 11.1. The van der Waals surface area contributed by atoms with Crippen molar-refractivity contribution in [3.8, 4) is 0 Å². The molecule has 1 heterocycles. The molecule has 6 nitrogen and oxygen atoms in total. The maximum Gasteiger partial charge on any atom is 0.337 e. The molecule has 0 aliphatic rings. The maximum atomic E-state index is 11.5. The van der Waals surface area contributed by atoms with Crippen LogP contribution in [0.2, 0.25) is 0 Å². The Balaban J connectivity index is 2.23. The minimum absolute atomic E-state index is 0.0227. The van der Waals surface area contributed by atoms with Crippen molar-refractivity contribution in [1.82, 2.24) is 9.55 Å². The summed E-state index contributed by atoms with van der Waals surface area (Å²) in [7, 11) is -2.04. The highest BCUT2D eigenvalue weighted by molar-refractivity contribution is 7.90. The first-order valence-electron chi connectivity index (χ1n) is 5.80. The van der Waals surface area contributed by atoms with E-state index >= 15 is 0 Å². The quantitative estimate of drug-likeness (QED) is 0.790. The number of carbonyl (C=O) groups is 1. The van der Waals surface area contributed by atoms with Crippen LogP contribution in [0.3, 0.4) is 0 Å². The highest BCUT2D eigenvalue weighted by atomic mass is 32.2. The van der Waals surface area contributed by atoms with Gasteiger partial charge in [0.15, 0.2) is 0 Å². The summed E-state index contributed by atoms with van der Waals surface area (Å²) in [6.07, 6.45) is 4.16. The van der Waals surface area contributed by atoms with E-state index in [1.807, 2.05) is 0 Å². The van der Waals surface area contributed by atoms with Crippen LogP contribution in [-0.4, -0.2) is 37.3 Å². The van der Waals surface area contributed by atoms with Crippen LogP contribution in [-0.2, 0) is 21.1 Å². The van der Waals surface area contributed by atoms with Crippen molar-refractivity contribution in [2.45, 2.75) is 11.7 Å². The van der Waals surface area contributed by atoms with Gasteiger partial charge in [-0.1, -0.05) is 12.1 Å². The summed E-state index contributed by atoms with van der Waals surface area (Å²) in [5.74, 6) is -0.406. The smallest absolute Gasteiger partial charge is 0.337 e. The van der Waals surface area contributed by atoms with Gasteiger partial charge in [-0.3, -0.25) is 0 Å². The van der Waals surface area contributed by atoms with Gasteiger partial charge in [0, 0.05) is 25.2 Å². The molecule has 0 bridgehead atoms. The van der Waals surface area contributed by atoms with Crippen LogP contribution in [0.15, 0.2) is 41.8 Å². The third-order valence-electron chi connectivity index (χ3n) is 2.74. The first-order chi connectivity index (χ1) is 9.41. The van der Waals surface area contributed by atoms with Gasteiger partial charge in [-0.25, -0.2) is 18.2 Å². The molecule has 0 saturated carbocycles. The third kappa shape index (κ3) is 3.05. The molecule has 7 heteroatoms. The molecule has 0 aliphatic carbocycles. The Hall–Kier alpha value is -2.15. The lowest BCUT2D eigenvalue weighted by Gasteiger charge is -2.07. The van der Waals surface area contributed by atoms with Gasteiger partial charge in [0.25, 0.3) is 0 Å². The molecule has 20 heavy (non-hydrogen) atoms. The van der Waals surface area contributed by atoms with Crippen molar-refractivity contribution in [3.63, 3.8) is 0 Å². The van der Waals surface area contributed by atoms with Crippen molar-refractivity contribution in [2.24, 2.45) is 0 Å². The molecule has 0 saturated heterocycles. The molecular weight excluding hydrogens is 280 g/mol. The van der Waals surface area contributed by atoms with E-state index in [1.165, 1.54) is 13.3 Å². The predicted molar refractivity (Wildman–Crippen MR) is 72.2 cm³/mol. The Morgan fingerprint density at radius 1 is 1.30 bits per heavy atom. The van der Waals surface area contributed by atoms with Crippen LogP contribution < -0.4 is 0 Å².